The van der Waals surface area contributed by atoms with Crippen LogP contribution < -0.4 is 24.8 Å². The molecule has 0 radical (unpaired) electrons. The number of fused-ring (bicyclic) bond motifs is 3. The van der Waals surface area contributed by atoms with Crippen LogP contribution in [0.15, 0.2) is 36.5 Å². The fourth-order valence-corrected chi connectivity index (χ4v) is 8.38. The number of benzene rings is 1. The molecule has 1 aromatic carbocycles. The summed E-state index contributed by atoms with van der Waals surface area (Å²) in [5.74, 6) is -2.08. The number of carbonyl (C=O) groups excluding carboxylic acids is 3. The molecule has 4 amide bonds. The number of hydrogen-bond donors (Lipinski definition) is 4. The highest BCUT2D eigenvalue weighted by Crippen LogP contribution is 2.47. The zero-order chi connectivity index (χ0) is 36.0. The van der Waals surface area contributed by atoms with Crippen molar-refractivity contribution in [1.29, 1.82) is 0 Å². The molecule has 2 aromatic rings. The molecule has 1 aromatic heterocycles. The molecule has 1 saturated heterocycles. The number of methoxy groups -OCH3 is 1. The van der Waals surface area contributed by atoms with Crippen LogP contribution in [0.25, 0.3) is 11.0 Å². The predicted molar refractivity (Wildman–Crippen MR) is 181 cm³/mol. The van der Waals surface area contributed by atoms with Crippen LogP contribution in [0.1, 0.15) is 65.7 Å². The summed E-state index contributed by atoms with van der Waals surface area (Å²) in [5, 5.41) is 14.9. The smallest absolute Gasteiger partial charge is 0.405 e. The van der Waals surface area contributed by atoms with Crippen LogP contribution in [-0.4, -0.2) is 94.3 Å². The Morgan fingerprint density at radius 3 is 2.60 bits per heavy atom. The van der Waals surface area contributed by atoms with Gasteiger partial charge >= 0.3 is 6.09 Å². The minimum Gasteiger partial charge on any atom is -0.488 e. The van der Waals surface area contributed by atoms with Gasteiger partial charge < -0.3 is 30.1 Å². The van der Waals surface area contributed by atoms with Gasteiger partial charge in [-0.25, -0.2) is 23.2 Å². The van der Waals surface area contributed by atoms with E-state index >= 15 is 0 Å². The fraction of sp³-hybridized carbons (Fsp3) is 0.588. The molecule has 50 heavy (non-hydrogen) atoms. The molecule has 4 aliphatic rings. The first kappa shape index (κ1) is 35.4. The molecule has 0 spiro atoms. The van der Waals surface area contributed by atoms with Crippen LogP contribution >= 0.6 is 0 Å². The molecule has 0 bridgehead atoms. The minimum atomic E-state index is -3.99. The lowest BCUT2D eigenvalue weighted by molar-refractivity contribution is -0.142. The Morgan fingerprint density at radius 2 is 1.90 bits per heavy atom. The highest BCUT2D eigenvalue weighted by Gasteiger charge is 2.63. The van der Waals surface area contributed by atoms with Gasteiger partial charge in [-0.3, -0.25) is 19.1 Å². The van der Waals surface area contributed by atoms with E-state index in [2.05, 4.69) is 25.3 Å². The number of sulfonamides is 1. The van der Waals surface area contributed by atoms with Gasteiger partial charge in [0, 0.05) is 18.4 Å². The van der Waals surface area contributed by atoms with Gasteiger partial charge in [0.2, 0.25) is 27.7 Å². The van der Waals surface area contributed by atoms with Gasteiger partial charge in [-0.15, -0.1) is 0 Å². The number of nitrogens with one attached hydrogen (secondary N) is 3. The number of nitrogens with zero attached hydrogens (tertiary/aromatic N) is 3. The van der Waals surface area contributed by atoms with Crippen LogP contribution in [-0.2, 0) is 24.4 Å². The molecular weight excluding hydrogens is 668 g/mol. The molecule has 2 aliphatic carbocycles. The third kappa shape index (κ3) is 7.07. The van der Waals surface area contributed by atoms with E-state index in [1.54, 1.807) is 25.1 Å². The monoisotopic (exact) mass is 712 g/mol. The van der Waals surface area contributed by atoms with E-state index in [-0.39, 0.29) is 25.3 Å². The maximum absolute atomic E-state index is 14.3. The van der Waals surface area contributed by atoms with Crippen LogP contribution in [0.2, 0.25) is 0 Å². The molecule has 0 unspecified atom stereocenters. The summed E-state index contributed by atoms with van der Waals surface area (Å²) in [6.07, 6.45) is 6.21. The number of amides is 4. The standard InChI is InChI=1S/C34H44N6O9S/c1-19-7-5-6-8-21-16-34(21,31(43)39-50(46,47)33(3)11-12-33)38-29(41)26-15-23(18-40(26)30(42)28(20(2)13-19)37-32(44)45)49-22-9-10-24-25(14-22)36-27(48-4)17-35-24/h6,8-10,14,17,19-21,23,26,28,37H,5,7,11-13,15-16,18H2,1-4H3,(H,38,41)(H,39,43)(H,44,45)/b8-6-/t19-,20-,21-,23-,26+,28+,34-/m1/s1. The van der Waals surface area contributed by atoms with E-state index in [0.29, 0.717) is 48.3 Å². The molecule has 15 nitrogen and oxygen atoms in total. The van der Waals surface area contributed by atoms with Gasteiger partial charge in [0.05, 0.1) is 35.6 Å². The quantitative estimate of drug-likeness (QED) is 0.307. The summed E-state index contributed by atoms with van der Waals surface area (Å²) in [4.78, 5) is 64.2. The second-order valence-corrected chi connectivity index (χ2v) is 16.6. The van der Waals surface area contributed by atoms with E-state index in [1.165, 1.54) is 18.2 Å². The molecule has 6 rings (SSSR count). The number of aromatic nitrogens is 2. The highest BCUT2D eigenvalue weighted by atomic mass is 32.2. The van der Waals surface area contributed by atoms with Crippen molar-refractivity contribution in [2.45, 2.75) is 94.2 Å². The first-order valence-electron chi connectivity index (χ1n) is 17.0. The molecule has 2 saturated carbocycles. The summed E-state index contributed by atoms with van der Waals surface area (Å²) in [6.45, 7) is 5.36. The number of carbonyl (C=O) groups is 4. The SMILES string of the molecule is COc1cnc2ccc(O[C@@H]3C[C@H]4C(=O)N[C@]5(C(=O)NS(=O)(=O)C6(C)CC6)C[C@H]5/C=C\CC[C@@H](C)C[C@@H](C)[C@H](NC(=O)O)C(=O)N4C3)cc2n1. The normalized spacial score (nSPS) is 31.6. The molecule has 3 heterocycles. The number of hydrogen-bond acceptors (Lipinski definition) is 10. The number of ether oxygens (including phenoxy) is 2. The Balaban J connectivity index is 1.32. The molecule has 270 valence electrons. The van der Waals surface area contributed by atoms with E-state index < -0.39 is 74.1 Å². The van der Waals surface area contributed by atoms with Crippen molar-refractivity contribution in [2.24, 2.45) is 17.8 Å². The molecule has 16 heteroatoms. The average Bonchev–Trinajstić information content (AvgIpc) is 3.94. The molecule has 3 fully saturated rings. The Bertz CT molecular complexity index is 1830. The van der Waals surface area contributed by atoms with E-state index in [9.17, 15) is 32.7 Å². The lowest BCUT2D eigenvalue weighted by Crippen LogP contribution is -2.59. The van der Waals surface area contributed by atoms with Gasteiger partial charge in [-0.1, -0.05) is 26.0 Å². The summed E-state index contributed by atoms with van der Waals surface area (Å²) in [6, 6.07) is 2.79. The van der Waals surface area contributed by atoms with E-state index in [4.69, 9.17) is 9.47 Å². The van der Waals surface area contributed by atoms with Gasteiger partial charge in [0.1, 0.15) is 29.5 Å². The summed E-state index contributed by atoms with van der Waals surface area (Å²) in [5.41, 5.74) is -0.423. The fourth-order valence-electron chi connectivity index (χ4n) is 7.07. The topological polar surface area (TPSA) is 206 Å². The van der Waals surface area contributed by atoms with Crippen LogP contribution in [0.4, 0.5) is 4.79 Å². The van der Waals surface area contributed by atoms with Crippen molar-refractivity contribution in [1.82, 2.24) is 30.2 Å². The van der Waals surface area contributed by atoms with Gasteiger partial charge in [0.15, 0.2) is 0 Å². The summed E-state index contributed by atoms with van der Waals surface area (Å²) >= 11 is 0. The van der Waals surface area contributed by atoms with Crippen LogP contribution in [0.5, 0.6) is 11.6 Å². The minimum absolute atomic E-state index is 0.0263. The highest BCUT2D eigenvalue weighted by molar-refractivity contribution is 7.91. The van der Waals surface area contributed by atoms with Gasteiger partial charge in [-0.05, 0) is 69.4 Å². The second-order valence-electron chi connectivity index (χ2n) is 14.5. The van der Waals surface area contributed by atoms with Crippen molar-refractivity contribution in [3.8, 4) is 11.6 Å². The number of carboxylic acid groups (broad SMARTS) is 1. The second kappa shape index (κ2) is 13.3. The third-order valence-corrected chi connectivity index (χ3v) is 12.7. The summed E-state index contributed by atoms with van der Waals surface area (Å²) in [7, 11) is -2.51. The van der Waals surface area contributed by atoms with Crippen molar-refractivity contribution in [3.63, 3.8) is 0 Å². The molecule has 7 atom stereocenters. The zero-order valence-electron chi connectivity index (χ0n) is 28.5. The van der Waals surface area contributed by atoms with Crippen molar-refractivity contribution >= 4 is 44.9 Å². The number of allylic oxidation sites excluding steroid dienone is 1. The summed E-state index contributed by atoms with van der Waals surface area (Å²) < 4.78 is 38.8. The van der Waals surface area contributed by atoms with Crippen LogP contribution in [0, 0.1) is 17.8 Å². The van der Waals surface area contributed by atoms with Crippen molar-refractivity contribution in [2.75, 3.05) is 13.7 Å². The zero-order valence-corrected chi connectivity index (χ0v) is 29.4. The average molecular weight is 713 g/mol. The Labute approximate surface area is 290 Å². The maximum Gasteiger partial charge on any atom is 0.405 e. The third-order valence-electron chi connectivity index (χ3n) is 10.5. The van der Waals surface area contributed by atoms with Gasteiger partial charge in [0.25, 0.3) is 5.91 Å². The van der Waals surface area contributed by atoms with Crippen LogP contribution in [0.3, 0.4) is 0 Å². The van der Waals surface area contributed by atoms with Crippen molar-refractivity contribution < 1.29 is 42.2 Å². The molecule has 4 N–H and O–H groups in total. The predicted octanol–water partition coefficient (Wildman–Crippen LogP) is 2.51. The first-order valence-corrected chi connectivity index (χ1v) is 18.5. The first-order chi connectivity index (χ1) is 23.6. The van der Waals surface area contributed by atoms with Crippen molar-refractivity contribution in [3.05, 3.63) is 36.5 Å². The van der Waals surface area contributed by atoms with Gasteiger partial charge in [-0.2, -0.15) is 0 Å². The largest absolute Gasteiger partial charge is 0.488 e. The van der Waals surface area contributed by atoms with E-state index in [0.717, 1.165) is 6.42 Å². The maximum atomic E-state index is 14.3. The Kier molecular flexibility index (Phi) is 9.43. The Hall–Kier alpha value is -4.47. The number of rotatable bonds is 7. The molecular formula is C34H44N6O9S. The lowest BCUT2D eigenvalue weighted by atomic mass is 9.88. The lowest BCUT2D eigenvalue weighted by Gasteiger charge is -2.32. The Morgan fingerprint density at radius 1 is 1.14 bits per heavy atom. The molecule has 2 aliphatic heterocycles. The van der Waals surface area contributed by atoms with E-state index in [1.807, 2.05) is 26.0 Å².